The zero-order valence-corrected chi connectivity index (χ0v) is 13.5. The zero-order valence-electron chi connectivity index (χ0n) is 12.0. The first kappa shape index (κ1) is 16.0. The Morgan fingerprint density at radius 3 is 2.29 bits per heavy atom. The fraction of sp³-hybridized carbons (Fsp3) is 0. The first-order valence-corrected chi connectivity index (χ1v) is 7.39. The van der Waals surface area contributed by atoms with Crippen molar-refractivity contribution in [3.63, 3.8) is 0 Å². The predicted molar refractivity (Wildman–Crippen MR) is 87.6 cm³/mol. The molecule has 8 heteroatoms. The number of hydrogen-bond donors (Lipinski definition) is 0. The third-order valence-electron chi connectivity index (χ3n) is 2.80. The van der Waals surface area contributed by atoms with Crippen molar-refractivity contribution in [1.29, 1.82) is 5.26 Å². The van der Waals surface area contributed by atoms with Gasteiger partial charge in [-0.1, -0.05) is 29.3 Å². The first-order chi connectivity index (χ1) is 11.7. The van der Waals surface area contributed by atoms with Gasteiger partial charge in [0.2, 0.25) is 5.88 Å². The molecule has 0 saturated carbocycles. The molecule has 24 heavy (non-hydrogen) atoms. The van der Waals surface area contributed by atoms with Gasteiger partial charge in [0.15, 0.2) is 11.5 Å². The molecule has 0 atom stereocenters. The van der Waals surface area contributed by atoms with Crippen LogP contribution in [0.2, 0.25) is 10.0 Å². The molecule has 0 aliphatic rings. The van der Waals surface area contributed by atoms with Crippen molar-refractivity contribution < 1.29 is 9.47 Å². The molecule has 3 aromatic rings. The average molecular weight is 359 g/mol. The normalized spacial score (nSPS) is 10.0. The lowest BCUT2D eigenvalue weighted by Crippen LogP contribution is -1.97. The van der Waals surface area contributed by atoms with Crippen molar-refractivity contribution in [2.75, 3.05) is 0 Å². The number of rotatable bonds is 4. The second kappa shape index (κ2) is 7.13. The van der Waals surface area contributed by atoms with E-state index in [1.165, 1.54) is 18.6 Å². The van der Waals surface area contributed by atoms with Crippen LogP contribution in [0.1, 0.15) is 5.56 Å². The van der Waals surface area contributed by atoms with Crippen LogP contribution in [0.4, 0.5) is 0 Å². The Kier molecular flexibility index (Phi) is 4.75. The van der Waals surface area contributed by atoms with E-state index in [9.17, 15) is 5.26 Å². The summed E-state index contributed by atoms with van der Waals surface area (Å²) < 4.78 is 11.3. The van der Waals surface area contributed by atoms with Crippen molar-refractivity contribution in [3.8, 4) is 29.5 Å². The second-order valence-electron chi connectivity index (χ2n) is 4.45. The van der Waals surface area contributed by atoms with Gasteiger partial charge in [0.25, 0.3) is 0 Å². The molecular weight excluding hydrogens is 351 g/mol. The van der Waals surface area contributed by atoms with E-state index in [-0.39, 0.29) is 29.0 Å². The van der Waals surface area contributed by atoms with Gasteiger partial charge in [0, 0.05) is 12.3 Å². The Morgan fingerprint density at radius 1 is 0.875 bits per heavy atom. The summed E-state index contributed by atoms with van der Waals surface area (Å²) in [6.07, 6.45) is 4.24. The highest BCUT2D eigenvalue weighted by molar-refractivity contribution is 6.30. The molecule has 3 rings (SSSR count). The molecule has 0 aliphatic heterocycles. The maximum atomic E-state index is 9.29. The molecule has 2 aromatic heterocycles. The summed E-state index contributed by atoms with van der Waals surface area (Å²) in [4.78, 5) is 11.9. The molecule has 0 aliphatic carbocycles. The molecule has 0 saturated heterocycles. The average Bonchev–Trinajstić information content (AvgIpc) is 2.60. The first-order valence-electron chi connectivity index (χ1n) is 6.63. The third kappa shape index (κ3) is 3.71. The minimum atomic E-state index is 0.0726. The van der Waals surface area contributed by atoms with Gasteiger partial charge in [-0.15, -0.1) is 0 Å². The zero-order chi connectivity index (χ0) is 16.9. The maximum absolute atomic E-state index is 9.29. The van der Waals surface area contributed by atoms with Gasteiger partial charge < -0.3 is 9.47 Å². The summed E-state index contributed by atoms with van der Waals surface area (Å²) in [6, 6.07) is 10.2. The predicted octanol–water partition coefficient (Wildman–Crippen LogP) is 4.63. The Hall–Kier alpha value is -2.88. The van der Waals surface area contributed by atoms with Gasteiger partial charge in [-0.2, -0.15) is 5.26 Å². The highest BCUT2D eigenvalue weighted by Crippen LogP contribution is 2.36. The summed E-state index contributed by atoms with van der Waals surface area (Å²) in [5.41, 5.74) is 0.276. The molecule has 0 bridgehead atoms. The third-order valence-corrected chi connectivity index (χ3v) is 3.22. The summed E-state index contributed by atoms with van der Waals surface area (Å²) in [6.45, 7) is 0. The van der Waals surface area contributed by atoms with E-state index in [4.69, 9.17) is 32.7 Å². The number of para-hydroxylation sites is 1. The van der Waals surface area contributed by atoms with E-state index < -0.39 is 0 Å². The van der Waals surface area contributed by atoms with Crippen LogP contribution in [-0.4, -0.2) is 15.0 Å². The largest absolute Gasteiger partial charge is 0.434 e. The van der Waals surface area contributed by atoms with Gasteiger partial charge in [-0.3, -0.25) is 0 Å². The number of ether oxygens (including phenoxy) is 2. The van der Waals surface area contributed by atoms with E-state index in [0.29, 0.717) is 10.0 Å². The number of nitriles is 1. The molecular formula is C16H8Cl2N4O2. The lowest BCUT2D eigenvalue weighted by Gasteiger charge is -2.11. The molecule has 0 fully saturated rings. The van der Waals surface area contributed by atoms with E-state index in [0.717, 1.165) is 0 Å². The lowest BCUT2D eigenvalue weighted by atomic mass is 10.2. The van der Waals surface area contributed by atoms with Crippen LogP contribution in [0.3, 0.4) is 0 Å². The van der Waals surface area contributed by atoms with Crippen molar-refractivity contribution in [2.24, 2.45) is 0 Å². The van der Waals surface area contributed by atoms with E-state index >= 15 is 0 Å². The number of nitrogens with zero attached hydrogens (tertiary/aromatic N) is 4. The molecule has 2 heterocycles. The minimum absolute atomic E-state index is 0.0726. The van der Waals surface area contributed by atoms with Crippen LogP contribution in [-0.2, 0) is 0 Å². The summed E-state index contributed by atoms with van der Waals surface area (Å²) in [5, 5.41) is 10.1. The van der Waals surface area contributed by atoms with Crippen LogP contribution < -0.4 is 9.47 Å². The molecule has 0 N–H and O–H groups in total. The fourth-order valence-corrected chi connectivity index (χ4v) is 1.98. The number of halogens is 2. The molecule has 0 unspecified atom stereocenters. The van der Waals surface area contributed by atoms with Crippen molar-refractivity contribution in [1.82, 2.24) is 15.0 Å². The second-order valence-corrected chi connectivity index (χ2v) is 5.32. The van der Waals surface area contributed by atoms with Crippen LogP contribution in [0.25, 0.3) is 0 Å². The van der Waals surface area contributed by atoms with E-state index in [2.05, 4.69) is 15.0 Å². The maximum Gasteiger partial charge on any atom is 0.322 e. The van der Waals surface area contributed by atoms with Crippen molar-refractivity contribution in [3.05, 3.63) is 64.5 Å². The topological polar surface area (TPSA) is 80.9 Å². The molecule has 118 valence electrons. The minimum Gasteiger partial charge on any atom is -0.434 e. The van der Waals surface area contributed by atoms with Crippen LogP contribution >= 0.6 is 23.2 Å². The number of benzene rings is 1. The van der Waals surface area contributed by atoms with Crippen LogP contribution in [0.5, 0.6) is 23.4 Å². The molecule has 0 amide bonds. The van der Waals surface area contributed by atoms with Gasteiger partial charge in [-0.05, 0) is 18.2 Å². The summed E-state index contributed by atoms with van der Waals surface area (Å²) in [7, 11) is 0. The van der Waals surface area contributed by atoms with E-state index in [1.807, 2.05) is 6.07 Å². The number of aromatic nitrogens is 3. The summed E-state index contributed by atoms with van der Waals surface area (Å²) in [5.74, 6) is 0.741. The van der Waals surface area contributed by atoms with Crippen LogP contribution in [0, 0.1) is 11.3 Å². The quantitative estimate of drug-likeness (QED) is 0.675. The van der Waals surface area contributed by atoms with Crippen molar-refractivity contribution >= 4 is 23.2 Å². The lowest BCUT2D eigenvalue weighted by molar-refractivity contribution is 0.391. The molecule has 1 aromatic carbocycles. The van der Waals surface area contributed by atoms with Gasteiger partial charge in [-0.25, -0.2) is 15.0 Å². The molecule has 0 radical (unpaired) electrons. The monoisotopic (exact) mass is 358 g/mol. The highest BCUT2D eigenvalue weighted by atomic mass is 35.5. The van der Waals surface area contributed by atoms with Crippen LogP contribution in [0.15, 0.2) is 48.9 Å². The molecule has 0 spiro atoms. The fourth-order valence-electron chi connectivity index (χ4n) is 1.77. The van der Waals surface area contributed by atoms with Gasteiger partial charge in [0.1, 0.15) is 6.07 Å². The van der Waals surface area contributed by atoms with Crippen molar-refractivity contribution in [2.45, 2.75) is 0 Å². The standard InChI is InChI=1S/C16H8Cl2N4O2/c17-11-4-5-14(20-7-11)24-15-10(6-19)2-1-3-13(15)23-16-21-8-12(18)9-22-16/h1-5,7-9H. The Balaban J connectivity index is 1.95. The van der Waals surface area contributed by atoms with Gasteiger partial charge in [0.05, 0.1) is 28.0 Å². The Labute approximate surface area is 147 Å². The number of pyridine rings is 1. The SMILES string of the molecule is N#Cc1cccc(Oc2ncc(Cl)cn2)c1Oc1ccc(Cl)cn1. The van der Waals surface area contributed by atoms with E-state index in [1.54, 1.807) is 30.3 Å². The van der Waals surface area contributed by atoms with Gasteiger partial charge >= 0.3 is 6.01 Å². The smallest absolute Gasteiger partial charge is 0.322 e. The summed E-state index contributed by atoms with van der Waals surface area (Å²) >= 11 is 11.5. The Bertz CT molecular complexity index is 893. The molecule has 6 nitrogen and oxygen atoms in total. The highest BCUT2D eigenvalue weighted by Gasteiger charge is 2.15. The Morgan fingerprint density at radius 2 is 1.62 bits per heavy atom. The number of hydrogen-bond acceptors (Lipinski definition) is 6.